The number of alkyl halides is 2. The summed E-state index contributed by atoms with van der Waals surface area (Å²) in [5.74, 6) is -1.47. The van der Waals surface area contributed by atoms with Crippen molar-refractivity contribution in [1.82, 2.24) is 10.2 Å². The highest BCUT2D eigenvalue weighted by Gasteiger charge is 2.48. The number of nitrogens with one attached hydrogen (secondary N) is 1. The summed E-state index contributed by atoms with van der Waals surface area (Å²) < 4.78 is 5.79. The number of ether oxygens (including phenoxy) is 1. The van der Waals surface area contributed by atoms with Gasteiger partial charge in [0.15, 0.2) is 0 Å². The Morgan fingerprint density at radius 1 is 1.05 bits per heavy atom. The third-order valence-electron chi connectivity index (χ3n) is 6.93. The van der Waals surface area contributed by atoms with Crippen LogP contribution in [0.4, 0.5) is 0 Å². The molecule has 1 aliphatic heterocycles. The van der Waals surface area contributed by atoms with Gasteiger partial charge in [-0.25, -0.2) is 4.79 Å². The van der Waals surface area contributed by atoms with Gasteiger partial charge < -0.3 is 20.1 Å². The smallest absolute Gasteiger partial charge is 0.326 e. The van der Waals surface area contributed by atoms with Gasteiger partial charge in [0.1, 0.15) is 23.8 Å². The molecule has 2 N–H and O–H groups in total. The van der Waals surface area contributed by atoms with Crippen LogP contribution in [0, 0.1) is 5.41 Å². The lowest BCUT2D eigenvalue weighted by atomic mass is 9.79. The first-order valence-electron chi connectivity index (χ1n) is 12.3. The van der Waals surface area contributed by atoms with E-state index in [1.165, 1.54) is 0 Å². The standard InChI is InChI=1S/C27H30Br2Cl2N2O5/c1-3-27(4-2,26(37)33-13-19(28)20(29)14-33)25(36)32-23(24(34)35)12-16-8-10-17(11-9-16)38-15-18-21(30)6-5-7-22(18)31/h5-11,19-20,23H,3-4,12-15H2,1-2H3,(H,32,36)(H,34,35). The van der Waals surface area contributed by atoms with E-state index in [0.717, 1.165) is 0 Å². The number of aliphatic carboxylic acids is 1. The van der Waals surface area contributed by atoms with Gasteiger partial charge in [0.25, 0.3) is 0 Å². The van der Waals surface area contributed by atoms with E-state index in [9.17, 15) is 19.5 Å². The molecule has 0 aromatic heterocycles. The van der Waals surface area contributed by atoms with Crippen molar-refractivity contribution >= 4 is 72.8 Å². The SMILES string of the molecule is CCC(CC)(C(=O)NC(Cc1ccc(OCc2c(Cl)cccc2Cl)cc1)C(=O)O)C(=O)N1CC(Br)C(Br)C1. The van der Waals surface area contributed by atoms with Crippen molar-refractivity contribution in [2.24, 2.45) is 5.41 Å². The maximum atomic E-state index is 13.5. The van der Waals surface area contributed by atoms with Crippen LogP contribution in [0.15, 0.2) is 42.5 Å². The molecule has 2 aromatic carbocycles. The fraction of sp³-hybridized carbons (Fsp3) is 0.444. The van der Waals surface area contributed by atoms with Crippen LogP contribution < -0.4 is 10.1 Å². The van der Waals surface area contributed by atoms with Crippen molar-refractivity contribution in [2.75, 3.05) is 13.1 Å². The molecule has 206 valence electrons. The number of carboxylic acids is 1. The second kappa shape index (κ2) is 13.5. The highest BCUT2D eigenvalue weighted by Crippen LogP contribution is 2.34. The number of nitrogens with zero attached hydrogens (tertiary/aromatic N) is 1. The van der Waals surface area contributed by atoms with Crippen LogP contribution in [0.1, 0.15) is 37.8 Å². The Morgan fingerprint density at radius 3 is 2.11 bits per heavy atom. The topological polar surface area (TPSA) is 95.9 Å². The van der Waals surface area contributed by atoms with Gasteiger partial charge >= 0.3 is 5.97 Å². The van der Waals surface area contributed by atoms with E-state index in [4.69, 9.17) is 27.9 Å². The fourth-order valence-corrected chi connectivity index (χ4v) is 5.98. The fourth-order valence-electron chi connectivity index (χ4n) is 4.44. The maximum Gasteiger partial charge on any atom is 0.326 e. The van der Waals surface area contributed by atoms with E-state index in [0.29, 0.717) is 40.0 Å². The number of rotatable bonds is 11. The second-order valence-electron chi connectivity index (χ2n) is 9.23. The summed E-state index contributed by atoms with van der Waals surface area (Å²) in [6.07, 6.45) is 0.572. The zero-order valence-electron chi connectivity index (χ0n) is 21.1. The third-order valence-corrected chi connectivity index (χ3v) is 10.2. The van der Waals surface area contributed by atoms with Gasteiger partial charge in [-0.2, -0.15) is 0 Å². The number of carbonyl (C=O) groups is 3. The van der Waals surface area contributed by atoms with Crippen LogP contribution in [0.25, 0.3) is 0 Å². The lowest BCUT2D eigenvalue weighted by Gasteiger charge is -2.34. The molecule has 11 heteroatoms. The Kier molecular flexibility index (Phi) is 10.9. The molecule has 2 aromatic rings. The van der Waals surface area contributed by atoms with Gasteiger partial charge in [0, 0.05) is 44.8 Å². The second-order valence-corrected chi connectivity index (χ2v) is 12.4. The molecule has 0 spiro atoms. The first kappa shape index (κ1) is 30.7. The van der Waals surface area contributed by atoms with E-state index in [2.05, 4.69) is 37.2 Å². The number of hydrogen-bond acceptors (Lipinski definition) is 4. The molecule has 0 saturated carbocycles. The molecule has 1 aliphatic rings. The van der Waals surface area contributed by atoms with Gasteiger partial charge in [-0.15, -0.1) is 0 Å². The minimum absolute atomic E-state index is 0.0477. The molecule has 1 fully saturated rings. The van der Waals surface area contributed by atoms with E-state index in [1.54, 1.807) is 61.2 Å². The molecular weight excluding hydrogens is 663 g/mol. The quantitative estimate of drug-likeness (QED) is 0.227. The van der Waals surface area contributed by atoms with Crippen molar-refractivity contribution in [3.8, 4) is 5.75 Å². The van der Waals surface area contributed by atoms with Crippen molar-refractivity contribution in [3.63, 3.8) is 0 Å². The zero-order chi connectivity index (χ0) is 28.0. The zero-order valence-corrected chi connectivity index (χ0v) is 25.7. The van der Waals surface area contributed by atoms with E-state index >= 15 is 0 Å². The average molecular weight is 693 g/mol. The number of hydrogen-bond donors (Lipinski definition) is 2. The van der Waals surface area contributed by atoms with Gasteiger partial charge in [-0.05, 0) is 42.7 Å². The Balaban J connectivity index is 1.68. The van der Waals surface area contributed by atoms with Crippen molar-refractivity contribution < 1.29 is 24.2 Å². The molecule has 7 nitrogen and oxygen atoms in total. The lowest BCUT2D eigenvalue weighted by molar-refractivity contribution is -0.153. The highest BCUT2D eigenvalue weighted by molar-refractivity contribution is 9.12. The van der Waals surface area contributed by atoms with Gasteiger partial charge in [-0.1, -0.05) is 87.1 Å². The van der Waals surface area contributed by atoms with E-state index in [-0.39, 0.29) is 41.4 Å². The summed E-state index contributed by atoms with van der Waals surface area (Å²) in [7, 11) is 0. The Labute approximate surface area is 249 Å². The maximum absolute atomic E-state index is 13.5. The molecule has 0 radical (unpaired) electrons. The van der Waals surface area contributed by atoms with Crippen molar-refractivity contribution in [2.45, 2.75) is 55.4 Å². The molecular formula is C27H30Br2Cl2N2O5. The molecule has 2 amide bonds. The first-order valence-corrected chi connectivity index (χ1v) is 14.9. The van der Waals surface area contributed by atoms with Crippen molar-refractivity contribution in [3.05, 3.63) is 63.6 Å². The number of likely N-dealkylation sites (tertiary alicyclic amines) is 1. The van der Waals surface area contributed by atoms with E-state index < -0.39 is 23.3 Å². The summed E-state index contributed by atoms with van der Waals surface area (Å²) >= 11 is 19.5. The largest absolute Gasteiger partial charge is 0.489 e. The predicted octanol–water partition coefficient (Wildman–Crippen LogP) is 5.86. The lowest BCUT2D eigenvalue weighted by Crippen LogP contribution is -2.55. The molecule has 3 atom stereocenters. The summed E-state index contributed by atoms with van der Waals surface area (Å²) in [4.78, 5) is 40.8. The minimum Gasteiger partial charge on any atom is -0.489 e. The molecule has 0 bridgehead atoms. The Bertz CT molecular complexity index is 1130. The molecule has 3 rings (SSSR count). The first-order chi connectivity index (χ1) is 18.0. The normalized spacial score (nSPS) is 18.2. The molecule has 0 aliphatic carbocycles. The van der Waals surface area contributed by atoms with Crippen LogP contribution >= 0.6 is 55.1 Å². The summed E-state index contributed by atoms with van der Waals surface area (Å²) in [5, 5.41) is 13.5. The monoisotopic (exact) mass is 690 g/mol. The summed E-state index contributed by atoms with van der Waals surface area (Å²) in [6.45, 7) is 4.68. The third kappa shape index (κ3) is 7.03. The van der Waals surface area contributed by atoms with Gasteiger partial charge in [0.2, 0.25) is 11.8 Å². The van der Waals surface area contributed by atoms with Gasteiger partial charge in [-0.3, -0.25) is 9.59 Å². The summed E-state index contributed by atoms with van der Waals surface area (Å²) in [5.41, 5.74) is 0.0232. The number of halogens is 4. The van der Waals surface area contributed by atoms with Crippen LogP contribution in [-0.2, 0) is 27.4 Å². The minimum atomic E-state index is -1.34. The number of benzene rings is 2. The van der Waals surface area contributed by atoms with Crippen LogP contribution in [0.5, 0.6) is 5.75 Å². The molecule has 1 heterocycles. The average Bonchev–Trinajstić information content (AvgIpc) is 3.23. The highest BCUT2D eigenvalue weighted by atomic mass is 79.9. The Hall–Kier alpha value is -1.81. The van der Waals surface area contributed by atoms with Crippen LogP contribution in [0.3, 0.4) is 0 Å². The number of amides is 2. The number of carbonyl (C=O) groups excluding carboxylic acids is 2. The molecule has 1 saturated heterocycles. The van der Waals surface area contributed by atoms with Gasteiger partial charge in [0.05, 0.1) is 0 Å². The predicted molar refractivity (Wildman–Crippen MR) is 156 cm³/mol. The summed E-state index contributed by atoms with van der Waals surface area (Å²) in [6, 6.07) is 10.9. The molecule has 38 heavy (non-hydrogen) atoms. The van der Waals surface area contributed by atoms with Crippen LogP contribution in [0.2, 0.25) is 10.0 Å². The molecule has 3 unspecified atom stereocenters. The van der Waals surface area contributed by atoms with Crippen molar-refractivity contribution in [1.29, 1.82) is 0 Å². The van der Waals surface area contributed by atoms with Crippen LogP contribution in [-0.4, -0.2) is 56.6 Å². The Morgan fingerprint density at radius 2 is 1.61 bits per heavy atom. The number of carboxylic acid groups (broad SMARTS) is 1. The van der Waals surface area contributed by atoms with E-state index in [1.807, 2.05) is 0 Å².